The van der Waals surface area contributed by atoms with Gasteiger partial charge in [0.25, 0.3) is 0 Å². The number of benzene rings is 1. The second kappa shape index (κ2) is 7.78. The van der Waals surface area contributed by atoms with Crippen LogP contribution in [0.3, 0.4) is 0 Å². The first-order chi connectivity index (χ1) is 12.7. The Morgan fingerprint density at radius 2 is 1.85 bits per heavy atom. The van der Waals surface area contributed by atoms with E-state index in [4.69, 9.17) is 4.74 Å². The van der Waals surface area contributed by atoms with Gasteiger partial charge in [-0.1, -0.05) is 19.1 Å². The number of piperidine rings is 1. The Hall–Kier alpha value is -1.62. The lowest BCUT2D eigenvalue weighted by Crippen LogP contribution is -2.49. The lowest BCUT2D eigenvalue weighted by molar-refractivity contribution is 0.00989. The van der Waals surface area contributed by atoms with Crippen molar-refractivity contribution in [2.75, 3.05) is 19.6 Å². The highest BCUT2D eigenvalue weighted by Gasteiger charge is 2.40. The van der Waals surface area contributed by atoms with Crippen molar-refractivity contribution in [2.45, 2.75) is 65.0 Å². The quantitative estimate of drug-likeness (QED) is 0.829. The van der Waals surface area contributed by atoms with Gasteiger partial charge in [-0.2, -0.15) is 0 Å². The third-order valence-electron chi connectivity index (χ3n) is 5.82. The van der Waals surface area contributed by atoms with Gasteiger partial charge in [0.2, 0.25) is 0 Å². The molecule has 1 N–H and O–H groups in total. The van der Waals surface area contributed by atoms with Crippen molar-refractivity contribution in [1.82, 2.24) is 10.2 Å². The largest absolute Gasteiger partial charge is 0.444 e. The summed E-state index contributed by atoms with van der Waals surface area (Å²) in [7, 11) is 0. The van der Waals surface area contributed by atoms with Gasteiger partial charge in [-0.05, 0) is 75.5 Å². The molecule has 1 heterocycles. The average molecular weight is 377 g/mol. The molecule has 0 bridgehead atoms. The minimum Gasteiger partial charge on any atom is -0.444 e. The molecular formula is C22H33FN2O2. The molecule has 2 atom stereocenters. The Balaban J connectivity index is 1.64. The summed E-state index contributed by atoms with van der Waals surface area (Å²) in [5, 5.41) is 3.72. The fourth-order valence-corrected chi connectivity index (χ4v) is 3.90. The van der Waals surface area contributed by atoms with Crippen LogP contribution in [0.1, 0.15) is 52.5 Å². The van der Waals surface area contributed by atoms with E-state index in [0.29, 0.717) is 19.1 Å². The van der Waals surface area contributed by atoms with Gasteiger partial charge in [0.05, 0.1) is 0 Å². The number of ether oxygens (including phenoxy) is 1. The maximum Gasteiger partial charge on any atom is 0.410 e. The third-order valence-corrected chi connectivity index (χ3v) is 5.82. The molecule has 1 aliphatic carbocycles. The number of nitrogens with zero attached hydrogens (tertiary/aromatic N) is 1. The van der Waals surface area contributed by atoms with Crippen molar-refractivity contribution in [2.24, 2.45) is 11.3 Å². The van der Waals surface area contributed by atoms with Crippen LogP contribution in [0.15, 0.2) is 24.3 Å². The number of nitrogens with one attached hydrogen (secondary N) is 1. The molecule has 0 aromatic heterocycles. The second-order valence-corrected chi connectivity index (χ2v) is 9.47. The normalized spacial score (nSPS) is 24.6. The molecule has 150 valence electrons. The molecule has 0 radical (unpaired) electrons. The number of hydrogen-bond donors (Lipinski definition) is 1. The fraction of sp³-hybridized carbons (Fsp3) is 0.682. The summed E-state index contributed by atoms with van der Waals surface area (Å²) in [4.78, 5) is 14.2. The Kier molecular flexibility index (Phi) is 5.80. The van der Waals surface area contributed by atoms with Gasteiger partial charge >= 0.3 is 6.09 Å². The van der Waals surface area contributed by atoms with E-state index in [1.165, 1.54) is 18.6 Å². The summed E-state index contributed by atoms with van der Waals surface area (Å²) >= 11 is 0. The smallest absolute Gasteiger partial charge is 0.410 e. The van der Waals surface area contributed by atoms with Crippen LogP contribution < -0.4 is 5.32 Å². The van der Waals surface area contributed by atoms with E-state index in [2.05, 4.69) is 12.2 Å². The van der Waals surface area contributed by atoms with Crippen LogP contribution in [0.4, 0.5) is 9.18 Å². The highest BCUT2D eigenvalue weighted by molar-refractivity contribution is 5.68. The molecule has 5 heteroatoms. The van der Waals surface area contributed by atoms with Crippen molar-refractivity contribution >= 4 is 6.09 Å². The SMILES string of the molecule is C[C@@H]1C[C@H]1NCC1(Cc2ccc(F)cc2)CCN(C(=O)OC(C)(C)C)CC1. The van der Waals surface area contributed by atoms with Gasteiger partial charge in [-0.3, -0.25) is 0 Å². The van der Waals surface area contributed by atoms with Crippen LogP contribution in [0.2, 0.25) is 0 Å². The zero-order chi connectivity index (χ0) is 19.7. The molecule has 0 spiro atoms. The molecule has 0 unspecified atom stereocenters. The number of likely N-dealkylation sites (tertiary alicyclic amines) is 1. The summed E-state index contributed by atoms with van der Waals surface area (Å²) in [6, 6.07) is 7.47. The van der Waals surface area contributed by atoms with Gasteiger partial charge < -0.3 is 15.0 Å². The molecule has 4 nitrogen and oxygen atoms in total. The van der Waals surface area contributed by atoms with Gasteiger partial charge in [0.1, 0.15) is 11.4 Å². The zero-order valence-corrected chi connectivity index (χ0v) is 17.1. The van der Waals surface area contributed by atoms with E-state index in [9.17, 15) is 9.18 Å². The van der Waals surface area contributed by atoms with E-state index < -0.39 is 5.60 Å². The molecule has 1 aliphatic heterocycles. The lowest BCUT2D eigenvalue weighted by Gasteiger charge is -2.42. The monoisotopic (exact) mass is 376 g/mol. The van der Waals surface area contributed by atoms with E-state index in [-0.39, 0.29) is 17.3 Å². The lowest BCUT2D eigenvalue weighted by atomic mass is 9.73. The van der Waals surface area contributed by atoms with Crippen LogP contribution in [0, 0.1) is 17.2 Å². The molecule has 2 fully saturated rings. The summed E-state index contributed by atoms with van der Waals surface area (Å²) in [5.41, 5.74) is 0.787. The first-order valence-corrected chi connectivity index (χ1v) is 10.1. The van der Waals surface area contributed by atoms with Crippen molar-refractivity contribution in [3.63, 3.8) is 0 Å². The third kappa shape index (κ3) is 5.68. The number of hydrogen-bond acceptors (Lipinski definition) is 3. The van der Waals surface area contributed by atoms with Crippen LogP contribution in [0.25, 0.3) is 0 Å². The number of carbonyl (C=O) groups excluding carboxylic acids is 1. The molecule has 2 aliphatic rings. The molecule has 1 aromatic rings. The average Bonchev–Trinajstić information content (AvgIpc) is 3.30. The number of rotatable bonds is 5. The summed E-state index contributed by atoms with van der Waals surface area (Å²) < 4.78 is 18.8. The standard InChI is InChI=1S/C22H33FN2O2/c1-16-13-19(16)24-15-22(14-17-5-7-18(23)8-6-17)9-11-25(12-10-22)20(26)27-21(2,3)4/h5-8,16,19,24H,9-15H2,1-4H3/t16-,19-/m1/s1. The predicted octanol–water partition coefficient (Wildman–Crippen LogP) is 4.38. The molecule has 3 rings (SSSR count). The topological polar surface area (TPSA) is 41.6 Å². The number of carbonyl (C=O) groups is 1. The maximum atomic E-state index is 13.3. The molecule has 27 heavy (non-hydrogen) atoms. The van der Waals surface area contributed by atoms with Crippen molar-refractivity contribution in [3.8, 4) is 0 Å². The minimum atomic E-state index is -0.469. The van der Waals surface area contributed by atoms with Crippen molar-refractivity contribution in [3.05, 3.63) is 35.6 Å². The Bertz CT molecular complexity index is 645. The Morgan fingerprint density at radius 1 is 1.26 bits per heavy atom. The van der Waals surface area contributed by atoms with E-state index >= 15 is 0 Å². The molecule has 1 amide bonds. The zero-order valence-electron chi connectivity index (χ0n) is 17.1. The van der Waals surface area contributed by atoms with E-state index in [1.54, 1.807) is 0 Å². The van der Waals surface area contributed by atoms with Gasteiger partial charge in [0.15, 0.2) is 0 Å². The predicted molar refractivity (Wildman–Crippen MR) is 105 cm³/mol. The van der Waals surface area contributed by atoms with Gasteiger partial charge in [-0.15, -0.1) is 0 Å². The van der Waals surface area contributed by atoms with Gasteiger partial charge in [0, 0.05) is 25.7 Å². The fourth-order valence-electron chi connectivity index (χ4n) is 3.90. The summed E-state index contributed by atoms with van der Waals surface area (Å²) in [5.74, 6) is 0.562. The van der Waals surface area contributed by atoms with E-state index in [1.807, 2.05) is 37.8 Å². The minimum absolute atomic E-state index is 0.0959. The van der Waals surface area contributed by atoms with E-state index in [0.717, 1.165) is 37.3 Å². The first kappa shape index (κ1) is 20.1. The first-order valence-electron chi connectivity index (χ1n) is 10.1. The molecular weight excluding hydrogens is 343 g/mol. The van der Waals surface area contributed by atoms with Crippen LogP contribution in [0.5, 0.6) is 0 Å². The van der Waals surface area contributed by atoms with Crippen molar-refractivity contribution < 1.29 is 13.9 Å². The Morgan fingerprint density at radius 3 is 2.37 bits per heavy atom. The Labute approximate surface area is 162 Å². The van der Waals surface area contributed by atoms with Crippen LogP contribution in [-0.2, 0) is 11.2 Å². The molecule has 1 saturated carbocycles. The molecule has 1 aromatic carbocycles. The number of halogens is 1. The summed E-state index contributed by atoms with van der Waals surface area (Å²) in [6.07, 6.45) is 3.79. The molecule has 1 saturated heterocycles. The highest BCUT2D eigenvalue weighted by atomic mass is 19.1. The van der Waals surface area contributed by atoms with Crippen LogP contribution in [-0.4, -0.2) is 42.3 Å². The van der Waals surface area contributed by atoms with Crippen molar-refractivity contribution in [1.29, 1.82) is 0 Å². The number of amides is 1. The highest BCUT2D eigenvalue weighted by Crippen LogP contribution is 2.37. The second-order valence-electron chi connectivity index (χ2n) is 9.47. The van der Waals surface area contributed by atoms with Gasteiger partial charge in [-0.25, -0.2) is 9.18 Å². The summed E-state index contributed by atoms with van der Waals surface area (Å²) in [6.45, 7) is 10.3. The van der Waals surface area contributed by atoms with Crippen LogP contribution >= 0.6 is 0 Å². The maximum absolute atomic E-state index is 13.3.